The standard InChI is InChI=1S/C13H28O.C2H4O2/c1-3-10-13(2)11-8-6-4-5-7-9-12-14;1-2(3)4/h13-14H,3-12H2,1-2H3;1H3,(H,3,4). The average Bonchev–Trinajstić information content (AvgIpc) is 2.27. The maximum atomic E-state index is 9.00. The summed E-state index contributed by atoms with van der Waals surface area (Å²) in [6.07, 6.45) is 11.8. The fourth-order valence-electron chi connectivity index (χ4n) is 1.95. The molecular weight excluding hydrogens is 228 g/mol. The minimum Gasteiger partial charge on any atom is -0.481 e. The van der Waals surface area contributed by atoms with E-state index in [9.17, 15) is 0 Å². The predicted molar refractivity (Wildman–Crippen MR) is 76.8 cm³/mol. The number of unbranched alkanes of at least 4 members (excludes halogenated alkanes) is 5. The highest BCUT2D eigenvalue weighted by atomic mass is 16.4. The molecule has 0 saturated carbocycles. The van der Waals surface area contributed by atoms with Gasteiger partial charge in [-0.3, -0.25) is 4.79 Å². The van der Waals surface area contributed by atoms with Crippen LogP contribution in [0.4, 0.5) is 0 Å². The molecular formula is C15H32O3. The summed E-state index contributed by atoms with van der Waals surface area (Å²) in [5.74, 6) is 0.0949. The number of aliphatic carboxylic acids is 1. The first-order valence-corrected chi connectivity index (χ1v) is 7.34. The third-order valence-electron chi connectivity index (χ3n) is 2.89. The van der Waals surface area contributed by atoms with E-state index in [-0.39, 0.29) is 0 Å². The fourth-order valence-corrected chi connectivity index (χ4v) is 1.95. The Bertz CT molecular complexity index is 165. The molecule has 0 amide bonds. The van der Waals surface area contributed by atoms with Crippen LogP contribution in [0.1, 0.15) is 78.6 Å². The van der Waals surface area contributed by atoms with Crippen LogP contribution in [0.2, 0.25) is 0 Å². The molecule has 0 heterocycles. The number of hydrogen-bond donors (Lipinski definition) is 2. The van der Waals surface area contributed by atoms with Gasteiger partial charge in [0, 0.05) is 13.5 Å². The Morgan fingerprint density at radius 3 is 1.89 bits per heavy atom. The van der Waals surface area contributed by atoms with Crippen LogP contribution in [0.15, 0.2) is 0 Å². The molecule has 0 aromatic heterocycles. The summed E-state index contributed by atoms with van der Waals surface area (Å²) in [5, 5.41) is 16.0. The number of carbonyl (C=O) groups is 1. The third-order valence-corrected chi connectivity index (χ3v) is 2.89. The predicted octanol–water partition coefficient (Wildman–Crippen LogP) is 4.24. The second-order valence-electron chi connectivity index (χ2n) is 5.05. The Morgan fingerprint density at radius 2 is 1.44 bits per heavy atom. The molecule has 1 atom stereocenters. The van der Waals surface area contributed by atoms with E-state index in [1.807, 2.05) is 0 Å². The Labute approximate surface area is 113 Å². The Hall–Kier alpha value is -0.570. The quantitative estimate of drug-likeness (QED) is 0.578. The van der Waals surface area contributed by atoms with Crippen molar-refractivity contribution >= 4 is 5.97 Å². The Morgan fingerprint density at radius 1 is 1.00 bits per heavy atom. The number of rotatable bonds is 10. The SMILES string of the molecule is CC(=O)O.CCCC(C)CCCCCCCCO. The lowest BCUT2D eigenvalue weighted by Gasteiger charge is -2.08. The third kappa shape index (κ3) is 24.6. The molecule has 0 aromatic rings. The summed E-state index contributed by atoms with van der Waals surface area (Å²) in [7, 11) is 0. The van der Waals surface area contributed by atoms with Crippen LogP contribution in [-0.4, -0.2) is 22.8 Å². The second-order valence-corrected chi connectivity index (χ2v) is 5.05. The first kappa shape index (κ1) is 19.8. The van der Waals surface area contributed by atoms with Crippen LogP contribution in [0, 0.1) is 5.92 Å². The highest BCUT2D eigenvalue weighted by Gasteiger charge is 1.99. The molecule has 0 aliphatic carbocycles. The van der Waals surface area contributed by atoms with Crippen LogP contribution in [-0.2, 0) is 4.79 Å². The first-order valence-electron chi connectivity index (χ1n) is 7.34. The van der Waals surface area contributed by atoms with Crippen molar-refractivity contribution in [2.75, 3.05) is 6.61 Å². The minimum absolute atomic E-state index is 0.369. The molecule has 3 heteroatoms. The van der Waals surface area contributed by atoms with Crippen molar-refractivity contribution in [1.29, 1.82) is 0 Å². The minimum atomic E-state index is -0.833. The zero-order valence-electron chi connectivity index (χ0n) is 12.5. The summed E-state index contributed by atoms with van der Waals surface area (Å²) < 4.78 is 0. The molecule has 0 aliphatic rings. The number of aliphatic hydroxyl groups is 1. The highest BCUT2D eigenvalue weighted by molar-refractivity contribution is 5.62. The van der Waals surface area contributed by atoms with Crippen LogP contribution >= 0.6 is 0 Å². The van der Waals surface area contributed by atoms with Gasteiger partial charge in [0.05, 0.1) is 0 Å². The van der Waals surface area contributed by atoms with Crippen molar-refractivity contribution in [1.82, 2.24) is 0 Å². The van der Waals surface area contributed by atoms with Gasteiger partial charge in [-0.25, -0.2) is 0 Å². The zero-order chi connectivity index (χ0) is 14.2. The van der Waals surface area contributed by atoms with E-state index >= 15 is 0 Å². The summed E-state index contributed by atoms with van der Waals surface area (Å²) in [6, 6.07) is 0. The molecule has 0 spiro atoms. The van der Waals surface area contributed by atoms with Gasteiger partial charge < -0.3 is 10.2 Å². The van der Waals surface area contributed by atoms with Crippen molar-refractivity contribution in [2.24, 2.45) is 5.92 Å². The van der Waals surface area contributed by atoms with Crippen molar-refractivity contribution in [2.45, 2.75) is 78.6 Å². The lowest BCUT2D eigenvalue weighted by atomic mass is 9.98. The maximum Gasteiger partial charge on any atom is 0.300 e. The lowest BCUT2D eigenvalue weighted by Crippen LogP contribution is -1.93. The van der Waals surface area contributed by atoms with Gasteiger partial charge in [0.25, 0.3) is 5.97 Å². The molecule has 0 fully saturated rings. The normalized spacial score (nSPS) is 11.6. The summed E-state index contributed by atoms with van der Waals surface area (Å²) in [4.78, 5) is 9.00. The van der Waals surface area contributed by atoms with E-state index in [0.29, 0.717) is 6.61 Å². The van der Waals surface area contributed by atoms with E-state index < -0.39 is 5.97 Å². The van der Waals surface area contributed by atoms with Gasteiger partial charge in [0.1, 0.15) is 0 Å². The molecule has 18 heavy (non-hydrogen) atoms. The molecule has 0 saturated heterocycles. The molecule has 0 aromatic carbocycles. The second kappa shape index (κ2) is 16.4. The molecule has 0 rings (SSSR count). The molecule has 0 bridgehead atoms. The molecule has 0 radical (unpaired) electrons. The van der Waals surface area contributed by atoms with Crippen LogP contribution < -0.4 is 0 Å². The van der Waals surface area contributed by atoms with Gasteiger partial charge in [-0.15, -0.1) is 0 Å². The topological polar surface area (TPSA) is 57.5 Å². The average molecular weight is 260 g/mol. The van der Waals surface area contributed by atoms with Crippen LogP contribution in [0.3, 0.4) is 0 Å². The van der Waals surface area contributed by atoms with Gasteiger partial charge in [0.15, 0.2) is 0 Å². The molecule has 3 nitrogen and oxygen atoms in total. The summed E-state index contributed by atoms with van der Waals surface area (Å²) >= 11 is 0. The van der Waals surface area contributed by atoms with Gasteiger partial charge in [-0.2, -0.15) is 0 Å². The lowest BCUT2D eigenvalue weighted by molar-refractivity contribution is -0.134. The largest absolute Gasteiger partial charge is 0.481 e. The van der Waals surface area contributed by atoms with Crippen LogP contribution in [0.25, 0.3) is 0 Å². The van der Waals surface area contributed by atoms with Crippen molar-refractivity contribution in [3.8, 4) is 0 Å². The molecule has 0 aliphatic heterocycles. The van der Waals surface area contributed by atoms with Gasteiger partial charge in [-0.05, 0) is 12.3 Å². The molecule has 1 unspecified atom stereocenters. The first-order chi connectivity index (χ1) is 8.54. The van der Waals surface area contributed by atoms with Crippen LogP contribution in [0.5, 0.6) is 0 Å². The smallest absolute Gasteiger partial charge is 0.300 e. The van der Waals surface area contributed by atoms with E-state index in [1.54, 1.807) is 0 Å². The van der Waals surface area contributed by atoms with Crippen molar-refractivity contribution in [3.05, 3.63) is 0 Å². The fraction of sp³-hybridized carbons (Fsp3) is 0.933. The Kier molecular flexibility index (Phi) is 18.0. The number of carboxylic acid groups (broad SMARTS) is 1. The molecule has 2 N–H and O–H groups in total. The molecule has 110 valence electrons. The zero-order valence-corrected chi connectivity index (χ0v) is 12.5. The number of aliphatic hydroxyl groups excluding tert-OH is 1. The highest BCUT2D eigenvalue weighted by Crippen LogP contribution is 2.15. The number of carboxylic acids is 1. The Balaban J connectivity index is 0. The van der Waals surface area contributed by atoms with Gasteiger partial charge in [-0.1, -0.05) is 65.2 Å². The maximum absolute atomic E-state index is 9.00. The van der Waals surface area contributed by atoms with Crippen molar-refractivity contribution < 1.29 is 15.0 Å². The van der Waals surface area contributed by atoms with Crippen molar-refractivity contribution in [3.63, 3.8) is 0 Å². The van der Waals surface area contributed by atoms with E-state index in [0.717, 1.165) is 19.3 Å². The summed E-state index contributed by atoms with van der Waals surface area (Å²) in [6.45, 7) is 6.09. The van der Waals surface area contributed by atoms with E-state index in [1.165, 1.54) is 51.4 Å². The van der Waals surface area contributed by atoms with E-state index in [4.69, 9.17) is 15.0 Å². The van der Waals surface area contributed by atoms with Gasteiger partial charge >= 0.3 is 0 Å². The summed E-state index contributed by atoms with van der Waals surface area (Å²) in [5.41, 5.74) is 0. The monoisotopic (exact) mass is 260 g/mol. The number of hydrogen-bond acceptors (Lipinski definition) is 2. The van der Waals surface area contributed by atoms with E-state index in [2.05, 4.69) is 13.8 Å². The van der Waals surface area contributed by atoms with Gasteiger partial charge in [0.2, 0.25) is 0 Å².